The van der Waals surface area contributed by atoms with Gasteiger partial charge in [-0.2, -0.15) is 0 Å². The Morgan fingerprint density at radius 1 is 0.949 bits per heavy atom. The fourth-order valence-electron chi connectivity index (χ4n) is 4.31. The van der Waals surface area contributed by atoms with Crippen LogP contribution in [0.3, 0.4) is 0 Å². The minimum atomic E-state index is -3.88. The van der Waals surface area contributed by atoms with Crippen LogP contribution in [0.5, 0.6) is 11.5 Å². The van der Waals surface area contributed by atoms with Crippen molar-refractivity contribution in [2.24, 2.45) is 0 Å². The van der Waals surface area contributed by atoms with Gasteiger partial charge in [0.05, 0.1) is 11.9 Å². The van der Waals surface area contributed by atoms with Crippen molar-refractivity contribution in [3.63, 3.8) is 0 Å². The van der Waals surface area contributed by atoms with E-state index in [-0.39, 0.29) is 24.6 Å². The second-order valence-corrected chi connectivity index (χ2v) is 11.9. The molecule has 206 valence electrons. The molecule has 1 unspecified atom stereocenters. The highest BCUT2D eigenvalue weighted by molar-refractivity contribution is 9.10. The van der Waals surface area contributed by atoms with Gasteiger partial charge < -0.3 is 19.7 Å². The van der Waals surface area contributed by atoms with Crippen molar-refractivity contribution >= 4 is 43.5 Å². The fourth-order valence-corrected chi connectivity index (χ4v) is 5.41. The molecule has 3 aromatic carbocycles. The van der Waals surface area contributed by atoms with Gasteiger partial charge in [0.2, 0.25) is 21.8 Å². The van der Waals surface area contributed by atoms with E-state index < -0.39 is 28.5 Å². The predicted octanol–water partition coefficient (Wildman–Crippen LogP) is 3.37. The molecule has 3 aromatic rings. The summed E-state index contributed by atoms with van der Waals surface area (Å²) in [5.74, 6) is 0.0281. The number of carbonyl (C=O) groups excluding carboxylic acids is 2. The van der Waals surface area contributed by atoms with Crippen molar-refractivity contribution in [3.8, 4) is 11.5 Å². The van der Waals surface area contributed by atoms with E-state index in [0.29, 0.717) is 24.7 Å². The zero-order chi connectivity index (χ0) is 28.0. The number of amides is 2. The van der Waals surface area contributed by atoms with Gasteiger partial charge in [-0.05, 0) is 35.4 Å². The van der Waals surface area contributed by atoms with Gasteiger partial charge in [-0.3, -0.25) is 13.9 Å². The fraction of sp³-hybridized carbons (Fsp3) is 0.286. The number of likely N-dealkylation sites (N-methyl/N-ethyl adjacent to an activating group) is 1. The Morgan fingerprint density at radius 3 is 2.26 bits per heavy atom. The molecule has 0 aliphatic carbocycles. The lowest BCUT2D eigenvalue weighted by atomic mass is 10.0. The van der Waals surface area contributed by atoms with Gasteiger partial charge in [0.1, 0.15) is 25.8 Å². The maximum atomic E-state index is 14.0. The number of carbonyl (C=O) groups is 2. The van der Waals surface area contributed by atoms with Crippen molar-refractivity contribution in [1.82, 2.24) is 10.2 Å². The Balaban J connectivity index is 1.70. The molecule has 2 amide bonds. The summed E-state index contributed by atoms with van der Waals surface area (Å²) >= 11 is 3.42. The number of nitrogens with zero attached hydrogens (tertiary/aromatic N) is 2. The highest BCUT2D eigenvalue weighted by atomic mass is 79.9. The molecule has 0 spiro atoms. The first-order chi connectivity index (χ1) is 18.7. The van der Waals surface area contributed by atoms with E-state index in [1.165, 1.54) is 11.9 Å². The van der Waals surface area contributed by atoms with Gasteiger partial charge >= 0.3 is 0 Å². The lowest BCUT2D eigenvalue weighted by Crippen LogP contribution is -2.52. The van der Waals surface area contributed by atoms with Crippen LogP contribution in [-0.4, -0.2) is 64.2 Å². The number of fused-ring (bicyclic) bond motifs is 1. The number of sulfonamides is 1. The second kappa shape index (κ2) is 12.5. The van der Waals surface area contributed by atoms with E-state index in [9.17, 15) is 18.0 Å². The minimum Gasteiger partial charge on any atom is -0.486 e. The van der Waals surface area contributed by atoms with Crippen LogP contribution >= 0.6 is 15.9 Å². The summed E-state index contributed by atoms with van der Waals surface area (Å²) in [5, 5.41) is 2.66. The summed E-state index contributed by atoms with van der Waals surface area (Å²) in [4.78, 5) is 28.5. The van der Waals surface area contributed by atoms with Gasteiger partial charge in [-0.1, -0.05) is 58.4 Å². The maximum Gasteiger partial charge on any atom is 0.244 e. The zero-order valence-corrected chi connectivity index (χ0v) is 24.1. The highest BCUT2D eigenvalue weighted by Gasteiger charge is 2.33. The van der Waals surface area contributed by atoms with Crippen LogP contribution in [0, 0.1) is 0 Å². The number of benzene rings is 3. The predicted molar refractivity (Wildman–Crippen MR) is 152 cm³/mol. The van der Waals surface area contributed by atoms with Crippen molar-refractivity contribution in [1.29, 1.82) is 0 Å². The number of rotatable bonds is 10. The number of nitrogens with one attached hydrogen (secondary N) is 1. The molecule has 39 heavy (non-hydrogen) atoms. The van der Waals surface area contributed by atoms with Crippen LogP contribution in [0.25, 0.3) is 0 Å². The van der Waals surface area contributed by atoms with Gasteiger partial charge in [-0.25, -0.2) is 8.42 Å². The van der Waals surface area contributed by atoms with Crippen LogP contribution < -0.4 is 19.1 Å². The zero-order valence-electron chi connectivity index (χ0n) is 21.7. The van der Waals surface area contributed by atoms with E-state index in [4.69, 9.17) is 9.47 Å². The quantitative estimate of drug-likeness (QED) is 0.375. The maximum absolute atomic E-state index is 14.0. The van der Waals surface area contributed by atoms with Crippen LogP contribution in [0.1, 0.15) is 11.1 Å². The first-order valence-corrected chi connectivity index (χ1v) is 15.0. The molecule has 0 aromatic heterocycles. The molecule has 1 N–H and O–H groups in total. The third kappa shape index (κ3) is 7.30. The van der Waals surface area contributed by atoms with Crippen LogP contribution in [0.2, 0.25) is 0 Å². The molecule has 0 radical (unpaired) electrons. The number of hydrogen-bond acceptors (Lipinski definition) is 6. The SMILES string of the molecule is CNC(=O)C(Cc1ccccc1)N(Cc1ccc(Br)cc1)C(=O)CN(c1ccc2c(c1)OCCO2)S(C)(=O)=O. The van der Waals surface area contributed by atoms with Crippen LogP contribution in [0.4, 0.5) is 5.69 Å². The summed E-state index contributed by atoms with van der Waals surface area (Å²) in [6.07, 6.45) is 1.29. The van der Waals surface area contributed by atoms with E-state index in [2.05, 4.69) is 21.2 Å². The monoisotopic (exact) mass is 615 g/mol. The molecule has 0 fully saturated rings. The van der Waals surface area contributed by atoms with Crippen molar-refractivity contribution in [2.75, 3.05) is 37.4 Å². The molecule has 1 aliphatic heterocycles. The van der Waals surface area contributed by atoms with Gasteiger partial charge in [0, 0.05) is 30.6 Å². The second-order valence-electron chi connectivity index (χ2n) is 9.07. The number of halogens is 1. The number of anilines is 1. The highest BCUT2D eigenvalue weighted by Crippen LogP contribution is 2.34. The Morgan fingerprint density at radius 2 is 1.62 bits per heavy atom. The third-order valence-corrected chi connectivity index (χ3v) is 7.95. The van der Waals surface area contributed by atoms with Gasteiger partial charge in [-0.15, -0.1) is 0 Å². The minimum absolute atomic E-state index is 0.107. The normalized spacial score (nSPS) is 13.3. The average Bonchev–Trinajstić information content (AvgIpc) is 2.93. The van der Waals surface area contributed by atoms with Crippen molar-refractivity contribution < 1.29 is 27.5 Å². The Kier molecular flexibility index (Phi) is 9.13. The smallest absolute Gasteiger partial charge is 0.244 e. The van der Waals surface area contributed by atoms with Gasteiger partial charge in [0.25, 0.3) is 0 Å². The molecule has 1 atom stereocenters. The molecule has 11 heteroatoms. The lowest BCUT2D eigenvalue weighted by Gasteiger charge is -2.33. The largest absolute Gasteiger partial charge is 0.486 e. The first-order valence-electron chi connectivity index (χ1n) is 12.3. The Hall–Kier alpha value is -3.57. The Bertz CT molecular complexity index is 1420. The number of hydrogen-bond donors (Lipinski definition) is 1. The van der Waals surface area contributed by atoms with E-state index >= 15 is 0 Å². The molecule has 0 saturated carbocycles. The topological polar surface area (TPSA) is 105 Å². The van der Waals surface area contributed by atoms with Crippen LogP contribution in [-0.2, 0) is 32.6 Å². The van der Waals surface area contributed by atoms with E-state index in [1.807, 2.05) is 54.6 Å². The van der Waals surface area contributed by atoms with Crippen molar-refractivity contribution in [3.05, 3.63) is 88.4 Å². The molecule has 1 heterocycles. The van der Waals surface area contributed by atoms with Crippen LogP contribution in [0.15, 0.2) is 77.3 Å². The van der Waals surface area contributed by atoms with Crippen molar-refractivity contribution in [2.45, 2.75) is 19.0 Å². The van der Waals surface area contributed by atoms with Gasteiger partial charge in [0.15, 0.2) is 11.5 Å². The summed E-state index contributed by atoms with van der Waals surface area (Å²) < 4.78 is 38.9. The summed E-state index contributed by atoms with van der Waals surface area (Å²) in [6, 6.07) is 20.6. The Labute approximate surface area is 236 Å². The first kappa shape index (κ1) is 28.4. The third-order valence-electron chi connectivity index (χ3n) is 6.28. The molecule has 0 saturated heterocycles. The lowest BCUT2D eigenvalue weighted by molar-refractivity contribution is -0.139. The average molecular weight is 617 g/mol. The molecule has 4 rings (SSSR count). The summed E-state index contributed by atoms with van der Waals surface area (Å²) in [5.41, 5.74) is 1.92. The molecular weight excluding hydrogens is 586 g/mol. The molecule has 9 nitrogen and oxygen atoms in total. The summed E-state index contributed by atoms with van der Waals surface area (Å²) in [7, 11) is -2.36. The van der Waals surface area contributed by atoms with E-state index in [1.54, 1.807) is 18.2 Å². The molecular formula is C28H30BrN3O6S. The standard InChI is InChI=1S/C28H30BrN3O6S/c1-30-28(34)24(16-20-6-4-3-5-7-20)31(18-21-8-10-22(29)11-9-21)27(33)19-32(39(2,35)36)23-12-13-25-26(17-23)38-15-14-37-25/h3-13,17,24H,14-16,18-19H2,1-2H3,(H,30,34). The molecule has 1 aliphatic rings. The molecule has 0 bridgehead atoms. The van der Waals surface area contributed by atoms with E-state index in [0.717, 1.165) is 26.2 Å². The number of ether oxygens (including phenoxy) is 2. The summed E-state index contributed by atoms with van der Waals surface area (Å²) in [6.45, 7) is 0.337.